The van der Waals surface area contributed by atoms with Gasteiger partial charge >= 0.3 is 5.97 Å². The first-order chi connectivity index (χ1) is 11.3. The summed E-state index contributed by atoms with van der Waals surface area (Å²) in [5, 5.41) is 65.5. The van der Waals surface area contributed by atoms with E-state index in [4.69, 9.17) is 9.84 Å². The zero-order valence-corrected chi connectivity index (χ0v) is 13.8. The molecule has 0 aromatic carbocycles. The average molecular weight is 352 g/mol. The molecule has 0 bridgehead atoms. The quantitative estimate of drug-likeness (QED) is 0.147. The molecule has 1 atom stereocenters. The van der Waals surface area contributed by atoms with Gasteiger partial charge in [-0.25, -0.2) is 4.79 Å². The number of hydrogen-bond donors (Lipinski definition) is 7. The monoisotopic (exact) mass is 352 g/mol. The lowest BCUT2D eigenvalue weighted by Gasteiger charge is -2.37. The molecule has 24 heavy (non-hydrogen) atoms. The van der Waals surface area contributed by atoms with Crippen LogP contribution in [-0.2, 0) is 9.53 Å². The minimum Gasteiger partial charge on any atom is -0.497 e. The molecule has 0 aromatic rings. The van der Waals surface area contributed by atoms with Gasteiger partial charge in [-0.2, -0.15) is 0 Å². The van der Waals surface area contributed by atoms with Crippen LogP contribution in [0.4, 0.5) is 0 Å². The van der Waals surface area contributed by atoms with Crippen LogP contribution >= 0.6 is 0 Å². The first-order valence-corrected chi connectivity index (χ1v) is 7.51. The topological polar surface area (TPSA) is 168 Å². The summed E-state index contributed by atoms with van der Waals surface area (Å²) >= 11 is 0. The van der Waals surface area contributed by atoms with Crippen molar-refractivity contribution < 1.29 is 45.3 Å². The van der Waals surface area contributed by atoms with Crippen LogP contribution in [0.25, 0.3) is 0 Å². The molecule has 0 saturated heterocycles. The van der Waals surface area contributed by atoms with Crippen LogP contribution in [0.15, 0.2) is 11.8 Å². The molecule has 0 aliphatic rings. The van der Waals surface area contributed by atoms with E-state index in [1.807, 2.05) is 0 Å². The average Bonchev–Trinajstić information content (AvgIpc) is 2.61. The second-order valence-corrected chi connectivity index (χ2v) is 6.08. The van der Waals surface area contributed by atoms with Gasteiger partial charge in [0.2, 0.25) is 0 Å². The van der Waals surface area contributed by atoms with Crippen LogP contribution in [-0.4, -0.2) is 87.5 Å². The second kappa shape index (κ2) is 10.6. The molecule has 142 valence electrons. The van der Waals surface area contributed by atoms with Crippen molar-refractivity contribution in [2.75, 3.05) is 39.6 Å². The van der Waals surface area contributed by atoms with Crippen molar-refractivity contribution in [2.45, 2.75) is 25.9 Å². The Balaban J connectivity index is 5.39. The molecule has 0 fully saturated rings. The smallest absolute Gasteiger partial charge is 0.334 e. The first-order valence-electron chi connectivity index (χ1n) is 7.51. The lowest BCUT2D eigenvalue weighted by molar-refractivity contribution is -0.133. The molecule has 0 spiro atoms. The van der Waals surface area contributed by atoms with E-state index in [9.17, 15) is 35.4 Å². The summed E-state index contributed by atoms with van der Waals surface area (Å²) in [6.45, 7) is -2.10. The van der Waals surface area contributed by atoms with Gasteiger partial charge in [-0.15, -0.1) is 0 Å². The Morgan fingerprint density at radius 3 is 1.75 bits per heavy atom. The van der Waals surface area contributed by atoms with Crippen LogP contribution in [0, 0.1) is 10.8 Å². The summed E-state index contributed by atoms with van der Waals surface area (Å²) in [6, 6.07) is 0. The van der Waals surface area contributed by atoms with Crippen LogP contribution in [0.3, 0.4) is 0 Å². The third kappa shape index (κ3) is 5.69. The zero-order chi connectivity index (χ0) is 18.8. The van der Waals surface area contributed by atoms with E-state index in [0.717, 1.165) is 6.26 Å². The number of carbonyl (C=O) groups is 1. The second-order valence-electron chi connectivity index (χ2n) is 6.08. The van der Waals surface area contributed by atoms with Gasteiger partial charge in [0.15, 0.2) is 0 Å². The van der Waals surface area contributed by atoms with Crippen molar-refractivity contribution in [3.63, 3.8) is 0 Å². The number of carboxylic acids is 1. The number of aliphatic hydroxyl groups is 6. The van der Waals surface area contributed by atoms with E-state index in [2.05, 4.69) is 0 Å². The fourth-order valence-electron chi connectivity index (χ4n) is 2.03. The van der Waals surface area contributed by atoms with Gasteiger partial charge in [0.1, 0.15) is 6.10 Å². The van der Waals surface area contributed by atoms with Gasteiger partial charge in [0.05, 0.1) is 56.9 Å². The summed E-state index contributed by atoms with van der Waals surface area (Å²) in [6.07, 6.45) is 0.0347. The highest BCUT2D eigenvalue weighted by molar-refractivity contribution is 5.85. The van der Waals surface area contributed by atoms with Crippen molar-refractivity contribution in [3.05, 3.63) is 11.8 Å². The van der Waals surface area contributed by atoms with Crippen LogP contribution in [0.2, 0.25) is 0 Å². The molecule has 9 heteroatoms. The van der Waals surface area contributed by atoms with Crippen molar-refractivity contribution in [2.24, 2.45) is 10.8 Å². The Bertz CT molecular complexity index is 383. The van der Waals surface area contributed by atoms with E-state index in [1.165, 1.54) is 6.92 Å². The van der Waals surface area contributed by atoms with Crippen LogP contribution in [0.1, 0.15) is 19.8 Å². The molecule has 0 heterocycles. The van der Waals surface area contributed by atoms with E-state index in [0.29, 0.717) is 0 Å². The van der Waals surface area contributed by atoms with Gasteiger partial charge in [-0.1, -0.05) is 0 Å². The molecular formula is C15H28O9. The Morgan fingerprint density at radius 1 is 0.958 bits per heavy atom. The minimum atomic E-state index is -1.46. The molecule has 0 saturated carbocycles. The Hall–Kier alpha value is -1.23. The fourth-order valence-corrected chi connectivity index (χ4v) is 2.03. The van der Waals surface area contributed by atoms with Crippen molar-refractivity contribution in [1.29, 1.82) is 0 Å². The van der Waals surface area contributed by atoms with E-state index < -0.39 is 62.5 Å². The molecule has 9 nitrogen and oxygen atoms in total. The molecule has 0 aliphatic carbocycles. The Labute approximate surface area is 140 Å². The highest BCUT2D eigenvalue weighted by Crippen LogP contribution is 2.32. The fraction of sp³-hybridized carbons (Fsp3) is 0.800. The van der Waals surface area contributed by atoms with Gasteiger partial charge in [0, 0.05) is 5.41 Å². The predicted octanol–water partition coefficient (Wildman–Crippen LogP) is -1.93. The SMILES string of the molecule is CC(=COC(CCC(CO)(CO)CO)C(CO)(CO)CO)C(=O)O. The van der Waals surface area contributed by atoms with Crippen molar-refractivity contribution in [1.82, 2.24) is 0 Å². The van der Waals surface area contributed by atoms with E-state index >= 15 is 0 Å². The van der Waals surface area contributed by atoms with E-state index in [-0.39, 0.29) is 18.4 Å². The highest BCUT2D eigenvalue weighted by atomic mass is 16.5. The maximum absolute atomic E-state index is 10.8. The molecule has 0 radical (unpaired) electrons. The number of aliphatic hydroxyl groups excluding tert-OH is 6. The third-order valence-electron chi connectivity index (χ3n) is 4.32. The Kier molecular flexibility index (Phi) is 10.1. The lowest BCUT2D eigenvalue weighted by atomic mass is 9.77. The standard InChI is InChI=1S/C15H28O9/c1-11(13(22)23)4-24-12(15(8-19,9-20)10-21)2-3-14(5-16,6-17)7-18/h4,12,16-21H,2-3,5-10H2,1H3,(H,22,23). The van der Waals surface area contributed by atoms with Crippen LogP contribution in [0.5, 0.6) is 0 Å². The highest BCUT2D eigenvalue weighted by Gasteiger charge is 2.41. The van der Waals surface area contributed by atoms with E-state index in [1.54, 1.807) is 0 Å². The molecule has 1 unspecified atom stereocenters. The molecule has 0 amide bonds. The number of aliphatic carboxylic acids is 1. The summed E-state index contributed by atoms with van der Waals surface area (Å²) in [5.74, 6) is -1.22. The third-order valence-corrected chi connectivity index (χ3v) is 4.32. The van der Waals surface area contributed by atoms with Crippen molar-refractivity contribution in [3.8, 4) is 0 Å². The van der Waals surface area contributed by atoms with Gasteiger partial charge in [-0.05, 0) is 19.8 Å². The first kappa shape index (κ1) is 22.8. The normalized spacial score (nSPS) is 14.5. The molecule has 0 aromatic heterocycles. The van der Waals surface area contributed by atoms with Crippen LogP contribution < -0.4 is 0 Å². The van der Waals surface area contributed by atoms with Gasteiger partial charge < -0.3 is 40.5 Å². The van der Waals surface area contributed by atoms with Gasteiger partial charge in [-0.3, -0.25) is 0 Å². The zero-order valence-electron chi connectivity index (χ0n) is 13.8. The molecule has 7 N–H and O–H groups in total. The summed E-state index contributed by atoms with van der Waals surface area (Å²) < 4.78 is 5.36. The Morgan fingerprint density at radius 2 is 1.42 bits per heavy atom. The summed E-state index contributed by atoms with van der Waals surface area (Å²) in [7, 11) is 0. The molecular weight excluding hydrogens is 324 g/mol. The summed E-state index contributed by atoms with van der Waals surface area (Å²) in [4.78, 5) is 10.8. The minimum absolute atomic E-state index is 0.0345. The predicted molar refractivity (Wildman–Crippen MR) is 82.9 cm³/mol. The van der Waals surface area contributed by atoms with Crippen molar-refractivity contribution >= 4 is 5.97 Å². The number of ether oxygens (including phenoxy) is 1. The number of carboxylic acid groups (broad SMARTS) is 1. The van der Waals surface area contributed by atoms with Gasteiger partial charge in [0.25, 0.3) is 0 Å². The maximum atomic E-state index is 10.8. The number of hydrogen-bond acceptors (Lipinski definition) is 8. The lowest BCUT2D eigenvalue weighted by Crippen LogP contribution is -2.47. The number of rotatable bonds is 13. The summed E-state index contributed by atoms with van der Waals surface area (Å²) in [5.41, 5.74) is -2.78. The maximum Gasteiger partial charge on any atom is 0.334 e. The molecule has 0 rings (SSSR count). The largest absolute Gasteiger partial charge is 0.497 e. The molecule has 0 aliphatic heterocycles.